The quantitative estimate of drug-likeness (QED) is 0.829. The zero-order valence-corrected chi connectivity index (χ0v) is 14.1. The van der Waals surface area contributed by atoms with E-state index < -0.39 is 0 Å². The first-order valence-electron chi connectivity index (χ1n) is 6.74. The maximum Gasteiger partial charge on any atom is 0.270 e. The largest absolute Gasteiger partial charge is 0.492 e. The molecule has 0 N–H and O–H groups in total. The van der Waals surface area contributed by atoms with Crippen LogP contribution in [-0.2, 0) is 7.05 Å². The Labute approximate surface area is 133 Å². The summed E-state index contributed by atoms with van der Waals surface area (Å²) in [6, 6.07) is 9.70. The molecule has 5 heteroatoms. The monoisotopic (exact) mass is 350 g/mol. The first-order chi connectivity index (χ1) is 9.97. The van der Waals surface area contributed by atoms with Gasteiger partial charge in [-0.25, -0.2) is 0 Å². The lowest BCUT2D eigenvalue weighted by Gasteiger charge is -2.18. The lowest BCUT2D eigenvalue weighted by Crippen LogP contribution is -2.32. The number of nitrogens with zero attached hydrogens (tertiary/aromatic N) is 2. The molecular formula is C16H19BrN2O2. The van der Waals surface area contributed by atoms with Crippen molar-refractivity contribution in [3.63, 3.8) is 0 Å². The van der Waals surface area contributed by atoms with Gasteiger partial charge >= 0.3 is 0 Å². The molecule has 2 aromatic rings. The van der Waals surface area contributed by atoms with Crippen molar-refractivity contribution in [3.05, 3.63) is 52.3 Å². The molecule has 0 aliphatic rings. The Morgan fingerprint density at radius 1 is 1.38 bits per heavy atom. The zero-order chi connectivity index (χ0) is 15.4. The maximum absolute atomic E-state index is 12.3. The van der Waals surface area contributed by atoms with E-state index in [4.69, 9.17) is 4.74 Å². The molecule has 1 aromatic carbocycles. The van der Waals surface area contributed by atoms with E-state index in [2.05, 4.69) is 15.9 Å². The van der Waals surface area contributed by atoms with E-state index in [0.717, 1.165) is 15.8 Å². The lowest BCUT2D eigenvalue weighted by atomic mass is 10.2. The maximum atomic E-state index is 12.3. The van der Waals surface area contributed by atoms with E-state index in [-0.39, 0.29) is 5.91 Å². The third-order valence-electron chi connectivity index (χ3n) is 3.22. The molecule has 0 aliphatic carbocycles. The highest BCUT2D eigenvalue weighted by Crippen LogP contribution is 2.15. The van der Waals surface area contributed by atoms with Crippen molar-refractivity contribution in [3.8, 4) is 5.75 Å². The Kier molecular flexibility index (Phi) is 5.07. The summed E-state index contributed by atoms with van der Waals surface area (Å²) in [5, 5.41) is 0. The molecule has 0 radical (unpaired) electrons. The molecule has 0 saturated heterocycles. The van der Waals surface area contributed by atoms with Gasteiger partial charge in [0.05, 0.1) is 6.54 Å². The minimum absolute atomic E-state index is 0.0176. The number of hydrogen-bond acceptors (Lipinski definition) is 2. The fourth-order valence-electron chi connectivity index (χ4n) is 2.04. The minimum atomic E-state index is -0.0176. The molecule has 21 heavy (non-hydrogen) atoms. The summed E-state index contributed by atoms with van der Waals surface area (Å²) in [6.45, 7) is 3.03. The molecule has 1 amide bonds. The number of hydrogen-bond donors (Lipinski definition) is 0. The van der Waals surface area contributed by atoms with Gasteiger partial charge in [-0.05, 0) is 46.6 Å². The van der Waals surface area contributed by atoms with E-state index in [9.17, 15) is 4.79 Å². The van der Waals surface area contributed by atoms with Crippen LogP contribution in [0.25, 0.3) is 0 Å². The number of likely N-dealkylation sites (N-methyl/N-ethyl adjacent to an activating group) is 1. The Hall–Kier alpha value is -1.75. The van der Waals surface area contributed by atoms with Crippen molar-refractivity contribution < 1.29 is 9.53 Å². The summed E-state index contributed by atoms with van der Waals surface area (Å²) >= 11 is 3.37. The van der Waals surface area contributed by atoms with Crippen LogP contribution >= 0.6 is 15.9 Å². The van der Waals surface area contributed by atoms with E-state index >= 15 is 0 Å². The molecular weight excluding hydrogens is 332 g/mol. The van der Waals surface area contributed by atoms with Crippen molar-refractivity contribution in [1.29, 1.82) is 0 Å². The lowest BCUT2D eigenvalue weighted by molar-refractivity contribution is 0.0764. The Bertz CT molecular complexity index is 637. The van der Waals surface area contributed by atoms with Gasteiger partial charge in [0.25, 0.3) is 5.91 Å². The number of carbonyl (C=O) groups excluding carboxylic acids is 1. The minimum Gasteiger partial charge on any atom is -0.492 e. The molecule has 2 rings (SSSR count). The normalized spacial score (nSPS) is 10.5. The Morgan fingerprint density at radius 3 is 2.76 bits per heavy atom. The third-order valence-corrected chi connectivity index (χ3v) is 3.66. The predicted octanol–water partition coefficient (Wildman–Crippen LogP) is 3.25. The van der Waals surface area contributed by atoms with Crippen LogP contribution in [0, 0.1) is 6.92 Å². The molecule has 0 spiro atoms. The number of benzene rings is 1. The van der Waals surface area contributed by atoms with Gasteiger partial charge in [-0.1, -0.05) is 12.1 Å². The van der Waals surface area contributed by atoms with Gasteiger partial charge in [0.1, 0.15) is 18.1 Å². The van der Waals surface area contributed by atoms with Crippen LogP contribution in [0.5, 0.6) is 5.75 Å². The van der Waals surface area contributed by atoms with Crippen molar-refractivity contribution in [2.24, 2.45) is 7.05 Å². The summed E-state index contributed by atoms with van der Waals surface area (Å²) in [5.41, 5.74) is 1.81. The smallest absolute Gasteiger partial charge is 0.270 e. The van der Waals surface area contributed by atoms with Crippen LogP contribution < -0.4 is 4.74 Å². The summed E-state index contributed by atoms with van der Waals surface area (Å²) in [7, 11) is 3.64. The average molecular weight is 351 g/mol. The van der Waals surface area contributed by atoms with E-state index in [0.29, 0.717) is 18.8 Å². The van der Waals surface area contributed by atoms with Gasteiger partial charge in [0.15, 0.2) is 0 Å². The number of rotatable bonds is 5. The number of ether oxygens (including phenoxy) is 1. The highest BCUT2D eigenvalue weighted by atomic mass is 79.9. The number of halogens is 1. The van der Waals surface area contributed by atoms with Crippen LogP contribution in [-0.4, -0.2) is 35.6 Å². The van der Waals surface area contributed by atoms with Crippen LogP contribution in [0.4, 0.5) is 0 Å². The molecule has 0 fully saturated rings. The van der Waals surface area contributed by atoms with Crippen molar-refractivity contribution in [2.75, 3.05) is 20.2 Å². The molecule has 1 aromatic heterocycles. The highest BCUT2D eigenvalue weighted by molar-refractivity contribution is 9.10. The van der Waals surface area contributed by atoms with Gasteiger partial charge in [0, 0.05) is 24.8 Å². The fourth-order valence-corrected chi connectivity index (χ4v) is 2.56. The summed E-state index contributed by atoms with van der Waals surface area (Å²) in [5.74, 6) is 0.813. The second-order valence-electron chi connectivity index (χ2n) is 5.05. The van der Waals surface area contributed by atoms with E-state index in [1.807, 2.05) is 55.1 Å². The number of amides is 1. The molecule has 0 aliphatic heterocycles. The predicted molar refractivity (Wildman–Crippen MR) is 86.7 cm³/mol. The second-order valence-corrected chi connectivity index (χ2v) is 5.96. The Morgan fingerprint density at radius 2 is 2.14 bits per heavy atom. The second kappa shape index (κ2) is 6.80. The molecule has 0 atom stereocenters. The molecule has 1 heterocycles. The van der Waals surface area contributed by atoms with Crippen molar-refractivity contribution >= 4 is 21.8 Å². The van der Waals surface area contributed by atoms with Gasteiger partial charge in [-0.2, -0.15) is 0 Å². The topological polar surface area (TPSA) is 34.5 Å². The first-order valence-corrected chi connectivity index (χ1v) is 7.53. The Balaban J connectivity index is 1.88. The van der Waals surface area contributed by atoms with Crippen LogP contribution in [0.15, 0.2) is 41.0 Å². The van der Waals surface area contributed by atoms with Crippen LogP contribution in [0.1, 0.15) is 16.1 Å². The van der Waals surface area contributed by atoms with E-state index in [1.54, 1.807) is 11.9 Å². The summed E-state index contributed by atoms with van der Waals surface area (Å²) < 4.78 is 8.38. The third kappa shape index (κ3) is 4.11. The highest BCUT2D eigenvalue weighted by Gasteiger charge is 2.15. The standard InChI is InChI=1S/C16H19BrN2O2/c1-12-5-4-6-14(9-12)21-8-7-18(2)16(20)15-10-13(17)11-19(15)3/h4-6,9-11H,7-8H2,1-3H3. The number of carbonyl (C=O) groups is 1. The summed E-state index contributed by atoms with van der Waals surface area (Å²) in [6.07, 6.45) is 1.87. The van der Waals surface area contributed by atoms with Crippen LogP contribution in [0.3, 0.4) is 0 Å². The van der Waals surface area contributed by atoms with Crippen LogP contribution in [0.2, 0.25) is 0 Å². The van der Waals surface area contributed by atoms with E-state index in [1.165, 1.54) is 0 Å². The molecule has 4 nitrogen and oxygen atoms in total. The molecule has 0 unspecified atom stereocenters. The van der Waals surface area contributed by atoms with Crippen molar-refractivity contribution in [1.82, 2.24) is 9.47 Å². The molecule has 0 saturated carbocycles. The van der Waals surface area contributed by atoms with Gasteiger partial charge in [-0.15, -0.1) is 0 Å². The van der Waals surface area contributed by atoms with Gasteiger partial charge in [0.2, 0.25) is 0 Å². The SMILES string of the molecule is Cc1cccc(OCCN(C)C(=O)c2cc(Br)cn2C)c1. The van der Waals surface area contributed by atoms with Gasteiger partial charge in [-0.3, -0.25) is 4.79 Å². The molecule has 112 valence electrons. The fraction of sp³-hybridized carbons (Fsp3) is 0.312. The summed E-state index contributed by atoms with van der Waals surface area (Å²) in [4.78, 5) is 14.0. The number of aryl methyl sites for hydroxylation is 2. The number of aromatic nitrogens is 1. The first kappa shape index (κ1) is 15.6. The van der Waals surface area contributed by atoms with Crippen molar-refractivity contribution in [2.45, 2.75) is 6.92 Å². The molecule has 0 bridgehead atoms. The zero-order valence-electron chi connectivity index (χ0n) is 12.5. The van der Waals surface area contributed by atoms with Gasteiger partial charge < -0.3 is 14.2 Å². The average Bonchev–Trinajstić information content (AvgIpc) is 2.77.